The summed E-state index contributed by atoms with van der Waals surface area (Å²) in [5.41, 5.74) is 1.69. The summed E-state index contributed by atoms with van der Waals surface area (Å²) < 4.78 is 0. The summed E-state index contributed by atoms with van der Waals surface area (Å²) in [5, 5.41) is 6.00. The zero-order valence-corrected chi connectivity index (χ0v) is 32.0. The lowest BCUT2D eigenvalue weighted by molar-refractivity contribution is -0.158. The number of rotatable bonds is 6. The first-order valence-electron chi connectivity index (χ1n) is 20.0. The number of piperidine rings is 2. The molecule has 12 heteroatoms. The Bertz CT molecular complexity index is 1670. The number of likely N-dealkylation sites (N-methyl/N-ethyl adjacent to an activating group) is 1. The number of carbonyl (C=O) groups is 6. The van der Waals surface area contributed by atoms with E-state index in [-0.39, 0.29) is 42.4 Å². The third-order valence-corrected chi connectivity index (χ3v) is 12.0. The van der Waals surface area contributed by atoms with Gasteiger partial charge in [0, 0.05) is 39.5 Å². The number of hydrogen-bond acceptors (Lipinski definition) is 6. The van der Waals surface area contributed by atoms with Crippen molar-refractivity contribution in [2.45, 2.75) is 121 Å². The number of fused-ring (bicyclic) bond motifs is 3. The van der Waals surface area contributed by atoms with Crippen LogP contribution in [0.15, 0.2) is 60.7 Å². The molecular weight excluding hydrogens is 684 g/mol. The molecule has 12 nitrogen and oxygen atoms in total. The van der Waals surface area contributed by atoms with Crippen molar-refractivity contribution < 1.29 is 28.8 Å². The molecule has 54 heavy (non-hydrogen) atoms. The van der Waals surface area contributed by atoms with Crippen LogP contribution in [0.25, 0.3) is 0 Å². The zero-order valence-electron chi connectivity index (χ0n) is 32.0. The molecule has 4 heterocycles. The van der Waals surface area contributed by atoms with Crippen LogP contribution in [0.4, 0.5) is 0 Å². The Kier molecular flexibility index (Phi) is 12.7. The van der Waals surface area contributed by atoms with Crippen LogP contribution in [0.1, 0.15) is 82.8 Å². The molecule has 4 aliphatic heterocycles. The first kappa shape index (κ1) is 39.0. The fraction of sp³-hybridized carbons (Fsp3) is 0.571. The van der Waals surface area contributed by atoms with Gasteiger partial charge in [0.15, 0.2) is 0 Å². The Morgan fingerprint density at radius 3 is 1.72 bits per heavy atom. The van der Waals surface area contributed by atoms with Gasteiger partial charge in [-0.05, 0) is 68.4 Å². The quantitative estimate of drug-likeness (QED) is 0.467. The van der Waals surface area contributed by atoms with Gasteiger partial charge in [0.1, 0.15) is 36.3 Å². The molecule has 290 valence electrons. The summed E-state index contributed by atoms with van der Waals surface area (Å²) in [5.74, 6) is -2.45. The molecule has 0 aliphatic carbocycles. The maximum Gasteiger partial charge on any atom is 0.246 e. The van der Waals surface area contributed by atoms with Gasteiger partial charge < -0.3 is 30.2 Å². The Morgan fingerprint density at radius 2 is 1.11 bits per heavy atom. The molecule has 2 aromatic rings. The van der Waals surface area contributed by atoms with Crippen molar-refractivity contribution in [1.29, 1.82) is 0 Å². The number of nitrogens with one attached hydrogen (secondary N) is 2. The van der Waals surface area contributed by atoms with Crippen LogP contribution < -0.4 is 10.6 Å². The predicted molar refractivity (Wildman–Crippen MR) is 204 cm³/mol. The van der Waals surface area contributed by atoms with Gasteiger partial charge >= 0.3 is 0 Å². The second-order valence-corrected chi connectivity index (χ2v) is 15.6. The van der Waals surface area contributed by atoms with Crippen LogP contribution in [-0.2, 0) is 41.6 Å². The Labute approximate surface area is 319 Å². The molecule has 6 amide bonds. The topological polar surface area (TPSA) is 139 Å². The lowest BCUT2D eigenvalue weighted by Gasteiger charge is -2.44. The third-order valence-electron chi connectivity index (χ3n) is 12.0. The van der Waals surface area contributed by atoms with E-state index in [2.05, 4.69) is 10.6 Å². The lowest BCUT2D eigenvalue weighted by Crippen LogP contribution is -2.64. The molecule has 0 radical (unpaired) electrons. The Balaban J connectivity index is 1.42. The summed E-state index contributed by atoms with van der Waals surface area (Å²) in [4.78, 5) is 93.5. The van der Waals surface area contributed by atoms with E-state index in [9.17, 15) is 28.8 Å². The minimum atomic E-state index is -1.03. The normalized spacial score (nSPS) is 28.4. The number of nitrogens with zero attached hydrogens (tertiary/aromatic N) is 4. The van der Waals surface area contributed by atoms with E-state index in [0.29, 0.717) is 51.7 Å². The molecule has 0 bridgehead atoms. The molecular formula is C42H56N6O6. The Hall–Kier alpha value is -4.74. The van der Waals surface area contributed by atoms with E-state index in [0.717, 1.165) is 36.8 Å². The van der Waals surface area contributed by atoms with Crippen LogP contribution in [0.2, 0.25) is 0 Å². The monoisotopic (exact) mass is 740 g/mol. The van der Waals surface area contributed by atoms with Crippen LogP contribution in [0, 0.1) is 5.92 Å². The molecule has 2 N–H and O–H groups in total. The summed E-state index contributed by atoms with van der Waals surface area (Å²) in [7, 11) is 1.63. The smallest absolute Gasteiger partial charge is 0.246 e. The first-order chi connectivity index (χ1) is 26.1. The van der Waals surface area contributed by atoms with Crippen molar-refractivity contribution in [3.05, 3.63) is 71.8 Å². The van der Waals surface area contributed by atoms with Gasteiger partial charge in [-0.2, -0.15) is 0 Å². The number of benzene rings is 2. The highest BCUT2D eigenvalue weighted by atomic mass is 16.2. The largest absolute Gasteiger partial charge is 0.342 e. The molecule has 0 spiro atoms. The van der Waals surface area contributed by atoms with E-state index in [4.69, 9.17) is 0 Å². The van der Waals surface area contributed by atoms with Crippen LogP contribution in [-0.4, -0.2) is 118 Å². The molecule has 7 atom stereocenters. The predicted octanol–water partition coefficient (Wildman–Crippen LogP) is 3.08. The summed E-state index contributed by atoms with van der Waals surface area (Å²) >= 11 is 0. The van der Waals surface area contributed by atoms with Crippen molar-refractivity contribution in [3.8, 4) is 0 Å². The highest BCUT2D eigenvalue weighted by Crippen LogP contribution is 2.29. The van der Waals surface area contributed by atoms with Gasteiger partial charge in [-0.3, -0.25) is 28.8 Å². The molecule has 2 aromatic carbocycles. The second-order valence-electron chi connectivity index (χ2n) is 15.6. The number of amides is 6. The van der Waals surface area contributed by atoms with Gasteiger partial charge in [-0.15, -0.1) is 0 Å². The van der Waals surface area contributed by atoms with Crippen LogP contribution in [0.5, 0.6) is 0 Å². The molecule has 0 unspecified atom stereocenters. The molecule has 0 saturated carbocycles. The van der Waals surface area contributed by atoms with Crippen molar-refractivity contribution in [2.24, 2.45) is 5.92 Å². The van der Waals surface area contributed by atoms with Crippen molar-refractivity contribution in [2.75, 3.05) is 26.7 Å². The van der Waals surface area contributed by atoms with Gasteiger partial charge in [-0.1, -0.05) is 80.9 Å². The van der Waals surface area contributed by atoms with Gasteiger partial charge in [0.25, 0.3) is 0 Å². The highest BCUT2D eigenvalue weighted by molar-refractivity contribution is 5.98. The lowest BCUT2D eigenvalue weighted by atomic mass is 9.92. The maximum atomic E-state index is 14.7. The van der Waals surface area contributed by atoms with E-state index in [1.807, 2.05) is 74.5 Å². The van der Waals surface area contributed by atoms with E-state index >= 15 is 0 Å². The fourth-order valence-corrected chi connectivity index (χ4v) is 8.65. The summed E-state index contributed by atoms with van der Waals surface area (Å²) in [6.07, 6.45) is 5.84. The molecule has 0 aromatic heterocycles. The number of carbonyl (C=O) groups excluding carboxylic acids is 6. The average molecular weight is 741 g/mol. The third kappa shape index (κ3) is 8.47. The van der Waals surface area contributed by atoms with Crippen molar-refractivity contribution in [3.63, 3.8) is 0 Å². The Morgan fingerprint density at radius 1 is 0.593 bits per heavy atom. The SMILES string of the molecule is CC[C@H](C)[C@@H]1NC(=O)[C@@H](Cc2ccccc2)NC(=O)[C@@H]2CCCN2C(=O)[C@@H](Cc2ccccc2)N(C)C(=O)[C@@H]2CCCCN2C(=O)[C@@H]2CCCCN2C1=O. The minimum Gasteiger partial charge on any atom is -0.342 e. The average Bonchev–Trinajstić information content (AvgIpc) is 3.71. The maximum absolute atomic E-state index is 14.7. The van der Waals surface area contributed by atoms with Gasteiger partial charge in [0.2, 0.25) is 35.4 Å². The summed E-state index contributed by atoms with van der Waals surface area (Å²) in [6.45, 7) is 4.92. The molecule has 4 fully saturated rings. The van der Waals surface area contributed by atoms with Crippen molar-refractivity contribution >= 4 is 35.4 Å². The minimum absolute atomic E-state index is 0.176. The number of hydrogen-bond donors (Lipinski definition) is 2. The second kappa shape index (κ2) is 17.6. The molecule has 4 saturated heterocycles. The molecule has 4 aliphatic rings. The van der Waals surface area contributed by atoms with Crippen LogP contribution in [0.3, 0.4) is 0 Å². The van der Waals surface area contributed by atoms with Crippen LogP contribution >= 0.6 is 0 Å². The highest BCUT2D eigenvalue weighted by Gasteiger charge is 2.46. The fourth-order valence-electron chi connectivity index (χ4n) is 8.65. The van der Waals surface area contributed by atoms with Crippen molar-refractivity contribution in [1.82, 2.24) is 30.2 Å². The van der Waals surface area contributed by atoms with E-state index in [1.165, 1.54) is 4.90 Å². The first-order valence-corrected chi connectivity index (χ1v) is 20.0. The molecule has 6 rings (SSSR count). The summed E-state index contributed by atoms with van der Waals surface area (Å²) in [6, 6.07) is 13.5. The zero-order chi connectivity index (χ0) is 38.4. The van der Waals surface area contributed by atoms with E-state index in [1.54, 1.807) is 21.7 Å². The standard InChI is InChI=1S/C42H56N6O6/c1-4-28(2)36-42(54)48-24-14-12-21-34(48)40(52)47-23-13-11-20-33(47)39(51)45(3)35(27-30-18-9-6-10-19-30)41(53)46-25-15-22-32(46)38(50)43-31(37(49)44-36)26-29-16-7-5-8-17-29/h5-10,16-19,28,31-36H,4,11-15,20-27H2,1-3H3,(H,43,50)(H,44,49)/t28-,31+,32-,33-,34-,35+,36-/m0/s1. The van der Waals surface area contributed by atoms with E-state index < -0.39 is 48.1 Å². The van der Waals surface area contributed by atoms with Gasteiger partial charge in [-0.25, -0.2) is 0 Å². The van der Waals surface area contributed by atoms with Gasteiger partial charge in [0.05, 0.1) is 0 Å².